The molecule has 0 saturated carbocycles. The normalized spacial score (nSPS) is 18.6. The van der Waals surface area contributed by atoms with Crippen LogP contribution in [0.3, 0.4) is 0 Å². The molecule has 0 unspecified atom stereocenters. The molecule has 1 aliphatic carbocycles. The quantitative estimate of drug-likeness (QED) is 0.796. The van der Waals surface area contributed by atoms with Gasteiger partial charge in [-0.3, -0.25) is 4.79 Å². The van der Waals surface area contributed by atoms with Crippen molar-refractivity contribution in [2.45, 2.75) is 32.6 Å². The van der Waals surface area contributed by atoms with Crippen molar-refractivity contribution in [1.29, 1.82) is 0 Å². The van der Waals surface area contributed by atoms with Gasteiger partial charge in [-0.05, 0) is 30.9 Å². The minimum Gasteiger partial charge on any atom is -0.352 e. The highest BCUT2D eigenvalue weighted by Crippen LogP contribution is 2.23. The summed E-state index contributed by atoms with van der Waals surface area (Å²) in [5.41, 5.74) is 2.53. The first-order valence-electron chi connectivity index (χ1n) is 7.16. The first-order valence-corrected chi connectivity index (χ1v) is 7.16. The number of piperazine rings is 1. The van der Waals surface area contributed by atoms with Gasteiger partial charge in [0.25, 0.3) is 0 Å². The molecule has 1 saturated heterocycles. The molecule has 0 aromatic carbocycles. The largest absolute Gasteiger partial charge is 0.352 e. The van der Waals surface area contributed by atoms with Crippen LogP contribution in [0.1, 0.15) is 31.0 Å². The van der Waals surface area contributed by atoms with E-state index in [9.17, 15) is 4.79 Å². The molecule has 0 N–H and O–H groups in total. The van der Waals surface area contributed by atoms with Crippen molar-refractivity contribution in [3.05, 3.63) is 17.3 Å². The van der Waals surface area contributed by atoms with E-state index < -0.39 is 0 Å². The van der Waals surface area contributed by atoms with Crippen LogP contribution < -0.4 is 4.90 Å². The third-order valence-electron chi connectivity index (χ3n) is 4.07. The molecule has 2 aliphatic rings. The molecular weight excluding hydrogens is 240 g/mol. The van der Waals surface area contributed by atoms with Gasteiger partial charge in [-0.1, -0.05) is 6.92 Å². The number of nitrogens with zero attached hydrogens (tertiary/aromatic N) is 4. The van der Waals surface area contributed by atoms with Gasteiger partial charge in [-0.15, -0.1) is 5.10 Å². The van der Waals surface area contributed by atoms with E-state index in [-0.39, 0.29) is 5.91 Å². The Morgan fingerprint density at radius 3 is 2.74 bits per heavy atom. The second-order valence-electron chi connectivity index (χ2n) is 5.25. The van der Waals surface area contributed by atoms with Gasteiger partial charge in [0.1, 0.15) is 0 Å². The summed E-state index contributed by atoms with van der Waals surface area (Å²) >= 11 is 0. The number of fused-ring (bicyclic) bond motifs is 1. The van der Waals surface area contributed by atoms with E-state index in [0.717, 1.165) is 44.8 Å². The highest BCUT2D eigenvalue weighted by Gasteiger charge is 2.22. The molecule has 102 valence electrons. The fourth-order valence-corrected chi connectivity index (χ4v) is 2.88. The molecule has 1 aliphatic heterocycles. The van der Waals surface area contributed by atoms with Crippen LogP contribution in [0.15, 0.2) is 6.07 Å². The van der Waals surface area contributed by atoms with E-state index in [0.29, 0.717) is 6.42 Å². The second kappa shape index (κ2) is 5.15. The molecule has 0 bridgehead atoms. The lowest BCUT2D eigenvalue weighted by Gasteiger charge is -2.35. The Hall–Kier alpha value is -1.65. The lowest BCUT2D eigenvalue weighted by atomic mass is 10.2. The molecule has 5 nitrogen and oxygen atoms in total. The van der Waals surface area contributed by atoms with Crippen LogP contribution in [-0.4, -0.2) is 47.2 Å². The number of rotatable bonds is 2. The van der Waals surface area contributed by atoms with Gasteiger partial charge in [-0.2, -0.15) is 5.10 Å². The molecule has 0 radical (unpaired) electrons. The van der Waals surface area contributed by atoms with E-state index in [4.69, 9.17) is 0 Å². The average molecular weight is 260 g/mol. The zero-order valence-corrected chi connectivity index (χ0v) is 11.4. The Bertz CT molecular complexity index is 480. The summed E-state index contributed by atoms with van der Waals surface area (Å²) < 4.78 is 0. The van der Waals surface area contributed by atoms with Crippen molar-refractivity contribution in [2.75, 3.05) is 31.1 Å². The maximum Gasteiger partial charge on any atom is 0.222 e. The minimum absolute atomic E-state index is 0.250. The third-order valence-corrected chi connectivity index (χ3v) is 4.07. The molecule has 1 amide bonds. The van der Waals surface area contributed by atoms with Crippen molar-refractivity contribution in [3.63, 3.8) is 0 Å². The number of carbonyl (C=O) groups is 1. The Morgan fingerprint density at radius 2 is 2.00 bits per heavy atom. The van der Waals surface area contributed by atoms with Crippen LogP contribution in [0.25, 0.3) is 0 Å². The molecule has 0 spiro atoms. The van der Waals surface area contributed by atoms with E-state index in [2.05, 4.69) is 21.2 Å². The summed E-state index contributed by atoms with van der Waals surface area (Å²) in [6, 6.07) is 2.19. The Balaban J connectivity index is 1.67. The number of aryl methyl sites for hydroxylation is 2. The molecule has 2 heterocycles. The third kappa shape index (κ3) is 2.41. The van der Waals surface area contributed by atoms with Crippen LogP contribution in [-0.2, 0) is 17.6 Å². The molecule has 1 fully saturated rings. The molecule has 5 heteroatoms. The predicted molar refractivity (Wildman–Crippen MR) is 73.1 cm³/mol. The van der Waals surface area contributed by atoms with Crippen molar-refractivity contribution in [1.82, 2.24) is 15.1 Å². The van der Waals surface area contributed by atoms with Gasteiger partial charge in [0.15, 0.2) is 5.82 Å². The van der Waals surface area contributed by atoms with Gasteiger partial charge in [-0.25, -0.2) is 0 Å². The van der Waals surface area contributed by atoms with Gasteiger partial charge >= 0.3 is 0 Å². The molecule has 1 aromatic rings. The van der Waals surface area contributed by atoms with Gasteiger partial charge in [0, 0.05) is 32.6 Å². The highest BCUT2D eigenvalue weighted by molar-refractivity contribution is 5.76. The summed E-state index contributed by atoms with van der Waals surface area (Å²) in [5.74, 6) is 1.23. The minimum atomic E-state index is 0.250. The maximum atomic E-state index is 11.6. The van der Waals surface area contributed by atoms with Crippen LogP contribution >= 0.6 is 0 Å². The molecular formula is C14H20N4O. The van der Waals surface area contributed by atoms with Crippen LogP contribution in [0.5, 0.6) is 0 Å². The smallest absolute Gasteiger partial charge is 0.222 e. The van der Waals surface area contributed by atoms with Crippen molar-refractivity contribution in [3.8, 4) is 0 Å². The van der Waals surface area contributed by atoms with Crippen LogP contribution in [0, 0.1) is 0 Å². The lowest BCUT2D eigenvalue weighted by Crippen LogP contribution is -2.49. The average Bonchev–Trinajstić information content (AvgIpc) is 2.94. The second-order valence-corrected chi connectivity index (χ2v) is 5.25. The van der Waals surface area contributed by atoms with Crippen molar-refractivity contribution >= 4 is 11.7 Å². The summed E-state index contributed by atoms with van der Waals surface area (Å²) in [4.78, 5) is 15.8. The summed E-state index contributed by atoms with van der Waals surface area (Å²) in [6.45, 7) is 5.23. The Kier molecular flexibility index (Phi) is 3.36. The zero-order chi connectivity index (χ0) is 13.2. The number of hydrogen-bond donors (Lipinski definition) is 0. The first kappa shape index (κ1) is 12.4. The van der Waals surface area contributed by atoms with E-state index in [1.165, 1.54) is 17.7 Å². The lowest BCUT2D eigenvalue weighted by molar-refractivity contribution is -0.131. The predicted octanol–water partition coefficient (Wildman–Crippen LogP) is 1.02. The zero-order valence-electron chi connectivity index (χ0n) is 11.4. The summed E-state index contributed by atoms with van der Waals surface area (Å²) in [5, 5.41) is 8.67. The molecule has 0 atom stereocenters. The van der Waals surface area contributed by atoms with E-state index in [1.807, 2.05) is 11.8 Å². The van der Waals surface area contributed by atoms with E-state index in [1.54, 1.807) is 0 Å². The first-order chi connectivity index (χ1) is 9.28. The summed E-state index contributed by atoms with van der Waals surface area (Å²) in [7, 11) is 0. The van der Waals surface area contributed by atoms with Gasteiger partial charge < -0.3 is 9.80 Å². The SMILES string of the molecule is CCC(=O)N1CCN(c2cc3c(nn2)CCC3)CC1. The standard InChI is InChI=1S/C14H20N4O/c1-2-14(19)18-8-6-17(7-9-18)13-10-11-4-3-5-12(11)15-16-13/h10H,2-9H2,1H3. The number of amides is 1. The number of aromatic nitrogens is 2. The van der Waals surface area contributed by atoms with Crippen molar-refractivity contribution < 1.29 is 4.79 Å². The fraction of sp³-hybridized carbons (Fsp3) is 0.643. The van der Waals surface area contributed by atoms with E-state index >= 15 is 0 Å². The van der Waals surface area contributed by atoms with Gasteiger partial charge in [0.2, 0.25) is 5.91 Å². The highest BCUT2D eigenvalue weighted by atomic mass is 16.2. The number of carbonyl (C=O) groups excluding carboxylic acids is 1. The molecule has 3 rings (SSSR count). The number of hydrogen-bond acceptors (Lipinski definition) is 4. The van der Waals surface area contributed by atoms with Crippen molar-refractivity contribution in [2.24, 2.45) is 0 Å². The summed E-state index contributed by atoms with van der Waals surface area (Å²) in [6.07, 6.45) is 4.00. The fourth-order valence-electron chi connectivity index (χ4n) is 2.88. The number of anilines is 1. The maximum absolute atomic E-state index is 11.6. The van der Waals surface area contributed by atoms with Crippen LogP contribution in [0.4, 0.5) is 5.82 Å². The monoisotopic (exact) mass is 260 g/mol. The Labute approximate surface area is 113 Å². The van der Waals surface area contributed by atoms with Crippen LogP contribution in [0.2, 0.25) is 0 Å². The topological polar surface area (TPSA) is 49.3 Å². The Morgan fingerprint density at radius 1 is 1.21 bits per heavy atom. The molecule has 19 heavy (non-hydrogen) atoms. The molecule has 1 aromatic heterocycles. The van der Waals surface area contributed by atoms with Gasteiger partial charge in [0.05, 0.1) is 5.69 Å².